The number of fused-ring (bicyclic) bond motifs is 1. The van der Waals surface area contributed by atoms with E-state index in [2.05, 4.69) is 31.3 Å². The molecule has 3 nitrogen and oxygen atoms in total. The Kier molecular flexibility index (Phi) is 4.16. The van der Waals surface area contributed by atoms with Crippen molar-refractivity contribution in [2.75, 3.05) is 6.79 Å². The average Bonchev–Trinajstić information content (AvgIpc) is 2.81. The van der Waals surface area contributed by atoms with E-state index in [1.54, 1.807) is 0 Å². The summed E-state index contributed by atoms with van der Waals surface area (Å²) < 4.78 is 10.8. The third kappa shape index (κ3) is 3.09. The van der Waals surface area contributed by atoms with Gasteiger partial charge >= 0.3 is 0 Å². The van der Waals surface area contributed by atoms with E-state index in [0.29, 0.717) is 18.9 Å². The lowest BCUT2D eigenvalue weighted by molar-refractivity contribution is 0.174. The van der Waals surface area contributed by atoms with Crippen molar-refractivity contribution >= 4 is 0 Å². The number of rotatable bonds is 6. The Morgan fingerprint density at radius 2 is 2.00 bits per heavy atom. The zero-order valence-corrected chi connectivity index (χ0v) is 12.5. The fourth-order valence-electron chi connectivity index (χ4n) is 3.09. The van der Waals surface area contributed by atoms with Crippen molar-refractivity contribution in [3.63, 3.8) is 0 Å². The molecule has 1 saturated carbocycles. The molecule has 0 saturated heterocycles. The maximum absolute atomic E-state index is 5.43. The van der Waals surface area contributed by atoms with Gasteiger partial charge in [0.25, 0.3) is 0 Å². The summed E-state index contributed by atoms with van der Waals surface area (Å²) in [7, 11) is 0. The normalized spacial score (nSPS) is 20.5. The summed E-state index contributed by atoms with van der Waals surface area (Å²) in [5.74, 6) is 2.67. The Labute approximate surface area is 121 Å². The van der Waals surface area contributed by atoms with Crippen LogP contribution in [0.15, 0.2) is 18.2 Å². The molecule has 1 fully saturated rings. The van der Waals surface area contributed by atoms with Crippen molar-refractivity contribution < 1.29 is 9.47 Å². The highest BCUT2D eigenvalue weighted by atomic mass is 16.7. The zero-order valence-electron chi connectivity index (χ0n) is 12.5. The molecule has 1 aliphatic heterocycles. The van der Waals surface area contributed by atoms with Crippen LogP contribution in [0.5, 0.6) is 11.5 Å². The standard InChI is InChI=1S/C17H25NO2/c1-12(18-13(2)15-4-3-5-15)6-7-14-8-9-16-17(10-14)20-11-19-16/h8-10,12-13,15,18H,3-7,11H2,1-2H3. The van der Waals surface area contributed by atoms with Gasteiger partial charge in [0.15, 0.2) is 11.5 Å². The molecule has 0 bridgehead atoms. The number of hydrogen-bond acceptors (Lipinski definition) is 3. The monoisotopic (exact) mass is 275 g/mol. The minimum atomic E-state index is 0.357. The quantitative estimate of drug-likeness (QED) is 0.861. The van der Waals surface area contributed by atoms with Gasteiger partial charge in [0.2, 0.25) is 6.79 Å². The van der Waals surface area contributed by atoms with E-state index in [-0.39, 0.29) is 0 Å². The van der Waals surface area contributed by atoms with Gasteiger partial charge in [0, 0.05) is 12.1 Å². The highest BCUT2D eigenvalue weighted by Crippen LogP contribution is 2.33. The van der Waals surface area contributed by atoms with Crippen molar-refractivity contribution in [2.45, 2.75) is 58.0 Å². The van der Waals surface area contributed by atoms with Gasteiger partial charge in [-0.15, -0.1) is 0 Å². The smallest absolute Gasteiger partial charge is 0.231 e. The molecule has 3 rings (SSSR count). The summed E-state index contributed by atoms with van der Waals surface area (Å²) in [6, 6.07) is 7.51. The number of nitrogens with one attached hydrogen (secondary N) is 1. The SMILES string of the molecule is CC(CCc1ccc2c(c1)OCO2)NC(C)C1CCC1. The lowest BCUT2D eigenvalue weighted by Gasteiger charge is -2.34. The van der Waals surface area contributed by atoms with Crippen LogP contribution in [0, 0.1) is 5.92 Å². The number of aryl methyl sites for hydroxylation is 1. The van der Waals surface area contributed by atoms with Crippen molar-refractivity contribution in [1.82, 2.24) is 5.32 Å². The van der Waals surface area contributed by atoms with E-state index < -0.39 is 0 Å². The first kappa shape index (κ1) is 13.7. The van der Waals surface area contributed by atoms with Gasteiger partial charge in [-0.1, -0.05) is 12.5 Å². The van der Waals surface area contributed by atoms with Crippen LogP contribution in [-0.4, -0.2) is 18.9 Å². The first-order valence-electron chi connectivity index (χ1n) is 7.87. The van der Waals surface area contributed by atoms with E-state index in [9.17, 15) is 0 Å². The van der Waals surface area contributed by atoms with Crippen LogP contribution in [0.25, 0.3) is 0 Å². The molecule has 1 aromatic rings. The number of hydrogen-bond donors (Lipinski definition) is 1. The van der Waals surface area contributed by atoms with Crippen molar-refractivity contribution in [1.29, 1.82) is 0 Å². The van der Waals surface area contributed by atoms with Crippen LogP contribution in [-0.2, 0) is 6.42 Å². The topological polar surface area (TPSA) is 30.5 Å². The third-order valence-electron chi connectivity index (χ3n) is 4.71. The minimum Gasteiger partial charge on any atom is -0.454 e. The minimum absolute atomic E-state index is 0.357. The van der Waals surface area contributed by atoms with Crippen molar-refractivity contribution in [3.05, 3.63) is 23.8 Å². The fourth-order valence-corrected chi connectivity index (χ4v) is 3.09. The van der Waals surface area contributed by atoms with E-state index in [1.807, 2.05) is 6.07 Å². The van der Waals surface area contributed by atoms with Crippen molar-refractivity contribution in [3.8, 4) is 11.5 Å². The number of ether oxygens (including phenoxy) is 2. The van der Waals surface area contributed by atoms with E-state index >= 15 is 0 Å². The Morgan fingerprint density at radius 1 is 1.20 bits per heavy atom. The molecule has 2 aliphatic rings. The second kappa shape index (κ2) is 6.04. The van der Waals surface area contributed by atoms with Gasteiger partial charge < -0.3 is 14.8 Å². The molecule has 1 aliphatic carbocycles. The Morgan fingerprint density at radius 3 is 2.75 bits per heavy atom. The first-order valence-corrected chi connectivity index (χ1v) is 7.87. The third-order valence-corrected chi connectivity index (χ3v) is 4.71. The van der Waals surface area contributed by atoms with Crippen LogP contribution in [0.3, 0.4) is 0 Å². The maximum atomic E-state index is 5.43. The summed E-state index contributed by atoms with van der Waals surface area (Å²) >= 11 is 0. The summed E-state index contributed by atoms with van der Waals surface area (Å²) in [6.45, 7) is 4.98. The Balaban J connectivity index is 1.46. The maximum Gasteiger partial charge on any atom is 0.231 e. The highest BCUT2D eigenvalue weighted by molar-refractivity contribution is 5.44. The van der Waals surface area contributed by atoms with Gasteiger partial charge in [0.1, 0.15) is 0 Å². The van der Waals surface area contributed by atoms with Gasteiger partial charge in [0.05, 0.1) is 0 Å². The Bertz CT molecular complexity index is 456. The molecular formula is C17H25NO2. The van der Waals surface area contributed by atoms with Crippen LogP contribution < -0.4 is 14.8 Å². The van der Waals surface area contributed by atoms with Crippen LogP contribution in [0.4, 0.5) is 0 Å². The molecule has 110 valence electrons. The molecule has 1 N–H and O–H groups in total. The molecule has 3 heteroatoms. The van der Waals surface area contributed by atoms with Crippen LogP contribution in [0.2, 0.25) is 0 Å². The van der Waals surface area contributed by atoms with Gasteiger partial charge in [-0.2, -0.15) is 0 Å². The van der Waals surface area contributed by atoms with Crippen molar-refractivity contribution in [2.24, 2.45) is 5.92 Å². The molecule has 1 heterocycles. The van der Waals surface area contributed by atoms with Crippen LogP contribution in [0.1, 0.15) is 45.1 Å². The summed E-state index contributed by atoms with van der Waals surface area (Å²) in [5, 5.41) is 3.75. The second-order valence-electron chi connectivity index (χ2n) is 6.27. The van der Waals surface area contributed by atoms with Crippen LogP contribution >= 0.6 is 0 Å². The van der Waals surface area contributed by atoms with E-state index in [0.717, 1.165) is 30.3 Å². The molecule has 1 aromatic carbocycles. The molecule has 0 spiro atoms. The molecular weight excluding hydrogens is 250 g/mol. The predicted octanol–water partition coefficient (Wildman–Crippen LogP) is 3.51. The Hall–Kier alpha value is -1.22. The summed E-state index contributed by atoms with van der Waals surface area (Å²) in [5.41, 5.74) is 1.33. The molecule has 0 radical (unpaired) electrons. The van der Waals surface area contributed by atoms with E-state index in [1.165, 1.54) is 24.8 Å². The van der Waals surface area contributed by atoms with E-state index in [4.69, 9.17) is 9.47 Å². The largest absolute Gasteiger partial charge is 0.454 e. The summed E-state index contributed by atoms with van der Waals surface area (Å²) in [6.07, 6.45) is 6.48. The lowest BCUT2D eigenvalue weighted by atomic mass is 9.80. The molecule has 20 heavy (non-hydrogen) atoms. The van der Waals surface area contributed by atoms with Gasteiger partial charge in [-0.05, 0) is 63.1 Å². The molecule has 2 unspecified atom stereocenters. The number of benzene rings is 1. The molecule has 0 amide bonds. The predicted molar refractivity (Wildman–Crippen MR) is 80.3 cm³/mol. The zero-order chi connectivity index (χ0) is 13.9. The lowest BCUT2D eigenvalue weighted by Crippen LogP contribution is -2.42. The van der Waals surface area contributed by atoms with Gasteiger partial charge in [-0.3, -0.25) is 0 Å². The molecule has 2 atom stereocenters. The fraction of sp³-hybridized carbons (Fsp3) is 0.647. The first-order chi connectivity index (χ1) is 9.72. The van der Waals surface area contributed by atoms with Gasteiger partial charge in [-0.25, -0.2) is 0 Å². The average molecular weight is 275 g/mol. The summed E-state index contributed by atoms with van der Waals surface area (Å²) in [4.78, 5) is 0. The molecule has 0 aromatic heterocycles. The highest BCUT2D eigenvalue weighted by Gasteiger charge is 2.24. The second-order valence-corrected chi connectivity index (χ2v) is 6.27.